The van der Waals surface area contributed by atoms with E-state index in [0.29, 0.717) is 18.7 Å². The molecule has 0 aliphatic carbocycles. The average Bonchev–Trinajstić information content (AvgIpc) is 2.39. The third kappa shape index (κ3) is 3.92. The highest BCUT2D eigenvalue weighted by molar-refractivity contribution is 7.89. The van der Waals surface area contributed by atoms with Crippen LogP contribution in [0.3, 0.4) is 0 Å². The third-order valence-corrected chi connectivity index (χ3v) is 4.68. The van der Waals surface area contributed by atoms with E-state index in [2.05, 4.69) is 10.0 Å². The average molecular weight is 286 g/mol. The predicted molar refractivity (Wildman–Crippen MR) is 76.7 cm³/mol. The van der Waals surface area contributed by atoms with Gasteiger partial charge in [-0.2, -0.15) is 0 Å². The van der Waals surface area contributed by atoms with Gasteiger partial charge in [0, 0.05) is 6.54 Å². The van der Waals surface area contributed by atoms with Crippen molar-refractivity contribution in [3.63, 3.8) is 0 Å². The van der Waals surface area contributed by atoms with Crippen LogP contribution < -0.4 is 10.0 Å². The molecule has 5 nitrogen and oxygen atoms in total. The highest BCUT2D eigenvalue weighted by atomic mass is 32.2. The number of hydrogen-bond acceptors (Lipinski definition) is 4. The van der Waals surface area contributed by atoms with Crippen molar-refractivity contribution in [2.75, 3.05) is 18.5 Å². The van der Waals surface area contributed by atoms with Crippen molar-refractivity contribution >= 4 is 15.7 Å². The van der Waals surface area contributed by atoms with Crippen molar-refractivity contribution < 1.29 is 13.5 Å². The molecule has 19 heavy (non-hydrogen) atoms. The second-order valence-corrected chi connectivity index (χ2v) is 6.43. The van der Waals surface area contributed by atoms with Crippen LogP contribution in [0.2, 0.25) is 0 Å². The first kappa shape index (κ1) is 15.9. The van der Waals surface area contributed by atoms with Crippen LogP contribution in [0.5, 0.6) is 0 Å². The molecule has 0 spiro atoms. The van der Waals surface area contributed by atoms with E-state index in [1.807, 2.05) is 13.8 Å². The fourth-order valence-electron chi connectivity index (χ4n) is 1.64. The van der Waals surface area contributed by atoms with Gasteiger partial charge in [0.2, 0.25) is 10.0 Å². The van der Waals surface area contributed by atoms with Gasteiger partial charge in [0.15, 0.2) is 0 Å². The molecule has 0 aromatic heterocycles. The summed E-state index contributed by atoms with van der Waals surface area (Å²) in [5.74, 6) is 0. The van der Waals surface area contributed by atoms with Crippen molar-refractivity contribution in [2.45, 2.75) is 37.6 Å². The van der Waals surface area contributed by atoms with Crippen molar-refractivity contribution in [1.29, 1.82) is 0 Å². The first-order valence-electron chi connectivity index (χ1n) is 6.36. The minimum atomic E-state index is -3.52. The Bertz CT molecular complexity index is 510. The molecule has 0 saturated carbocycles. The van der Waals surface area contributed by atoms with Crippen molar-refractivity contribution in [2.24, 2.45) is 0 Å². The van der Waals surface area contributed by atoms with Crippen LogP contribution in [0.25, 0.3) is 0 Å². The van der Waals surface area contributed by atoms with Gasteiger partial charge in [0.05, 0.1) is 17.8 Å². The molecule has 0 bridgehead atoms. The van der Waals surface area contributed by atoms with Gasteiger partial charge in [-0.3, -0.25) is 0 Å². The molecule has 1 aromatic carbocycles. The maximum absolute atomic E-state index is 12.1. The zero-order valence-corrected chi connectivity index (χ0v) is 12.4. The summed E-state index contributed by atoms with van der Waals surface area (Å²) in [5, 5.41) is 12.5. The molecule has 0 amide bonds. The molecule has 0 heterocycles. The number of sulfonamides is 1. The molecule has 0 aliphatic rings. The number of nitrogens with one attached hydrogen (secondary N) is 2. The molecule has 1 atom stereocenters. The summed E-state index contributed by atoms with van der Waals surface area (Å²) in [6, 6.07) is 6.69. The number of hydrogen-bond donors (Lipinski definition) is 3. The number of rotatable bonds is 7. The van der Waals surface area contributed by atoms with Gasteiger partial charge in [0.25, 0.3) is 0 Å². The number of aliphatic hydroxyl groups excluding tert-OH is 1. The Morgan fingerprint density at radius 1 is 1.26 bits per heavy atom. The molecule has 108 valence electrons. The summed E-state index contributed by atoms with van der Waals surface area (Å²) in [5.41, 5.74) is -0.0421. The maximum atomic E-state index is 12.1. The number of benzene rings is 1. The highest BCUT2D eigenvalue weighted by Gasteiger charge is 2.24. The topological polar surface area (TPSA) is 78.4 Å². The molecular weight excluding hydrogens is 264 g/mol. The normalized spacial score (nSPS) is 14.9. The van der Waals surface area contributed by atoms with E-state index in [9.17, 15) is 13.5 Å². The molecule has 3 N–H and O–H groups in total. The van der Waals surface area contributed by atoms with Crippen LogP contribution in [0.1, 0.15) is 27.2 Å². The Kier molecular flexibility index (Phi) is 5.34. The van der Waals surface area contributed by atoms with Gasteiger partial charge in [0.1, 0.15) is 4.90 Å². The summed E-state index contributed by atoms with van der Waals surface area (Å²) >= 11 is 0. The van der Waals surface area contributed by atoms with Crippen LogP contribution in [0, 0.1) is 0 Å². The largest absolute Gasteiger partial charge is 0.394 e. The van der Waals surface area contributed by atoms with Gasteiger partial charge >= 0.3 is 0 Å². The van der Waals surface area contributed by atoms with Crippen molar-refractivity contribution in [1.82, 2.24) is 4.72 Å². The van der Waals surface area contributed by atoms with Gasteiger partial charge < -0.3 is 10.4 Å². The predicted octanol–water partition coefficient (Wildman–Crippen LogP) is 1.56. The van der Waals surface area contributed by atoms with Gasteiger partial charge in [-0.25, -0.2) is 13.1 Å². The van der Waals surface area contributed by atoms with Crippen LogP contribution >= 0.6 is 0 Å². The zero-order chi connectivity index (χ0) is 14.5. The number of aliphatic hydroxyl groups is 1. The zero-order valence-electron chi connectivity index (χ0n) is 11.6. The van der Waals surface area contributed by atoms with Crippen molar-refractivity contribution in [3.8, 4) is 0 Å². The second-order valence-electron chi connectivity index (χ2n) is 4.69. The van der Waals surface area contributed by atoms with E-state index in [-0.39, 0.29) is 11.5 Å². The summed E-state index contributed by atoms with van der Waals surface area (Å²) < 4.78 is 26.7. The Hall–Kier alpha value is -1.11. The lowest BCUT2D eigenvalue weighted by Crippen LogP contribution is -2.38. The van der Waals surface area contributed by atoms with Crippen LogP contribution in [0.4, 0.5) is 5.69 Å². The maximum Gasteiger partial charge on any atom is 0.242 e. The Morgan fingerprint density at radius 3 is 2.42 bits per heavy atom. The fraction of sp³-hybridized carbons (Fsp3) is 0.538. The van der Waals surface area contributed by atoms with Crippen LogP contribution in [-0.4, -0.2) is 32.2 Å². The Labute approximate surface area is 115 Å². The minimum absolute atomic E-state index is 0.0703. The number of para-hydroxylation sites is 1. The van der Waals surface area contributed by atoms with E-state index in [1.54, 1.807) is 31.2 Å². The van der Waals surface area contributed by atoms with Crippen LogP contribution in [0.15, 0.2) is 29.2 Å². The first-order chi connectivity index (χ1) is 8.88. The molecule has 1 aromatic rings. The van der Waals surface area contributed by atoms with Gasteiger partial charge in [-0.15, -0.1) is 0 Å². The quantitative estimate of drug-likeness (QED) is 0.711. The first-order valence-corrected chi connectivity index (χ1v) is 7.84. The monoisotopic (exact) mass is 286 g/mol. The second kappa shape index (κ2) is 6.36. The summed E-state index contributed by atoms with van der Waals surface area (Å²) in [6.07, 6.45) is 0.680. The van der Waals surface area contributed by atoms with E-state index in [1.165, 1.54) is 0 Å². The molecule has 0 fully saturated rings. The SMILES string of the molecule is CCNS(=O)(=O)c1ccccc1NC(C)(CC)CO. The Morgan fingerprint density at radius 2 is 1.89 bits per heavy atom. The molecule has 0 aliphatic heterocycles. The smallest absolute Gasteiger partial charge is 0.242 e. The van der Waals surface area contributed by atoms with Gasteiger partial charge in [-0.05, 0) is 25.5 Å². The lowest BCUT2D eigenvalue weighted by molar-refractivity contribution is 0.218. The van der Waals surface area contributed by atoms with Crippen molar-refractivity contribution in [3.05, 3.63) is 24.3 Å². The Balaban J connectivity index is 3.17. The molecule has 1 unspecified atom stereocenters. The standard InChI is InChI=1S/C13H22N2O3S/c1-4-13(3,10-16)15-11-8-6-7-9-12(11)19(17,18)14-5-2/h6-9,14-16H,4-5,10H2,1-3H3. The molecule has 0 radical (unpaired) electrons. The number of anilines is 1. The van der Waals surface area contributed by atoms with Crippen LogP contribution in [-0.2, 0) is 10.0 Å². The fourth-order valence-corrected chi connectivity index (χ4v) is 2.84. The van der Waals surface area contributed by atoms with E-state index in [4.69, 9.17) is 0 Å². The molecular formula is C13H22N2O3S. The minimum Gasteiger partial charge on any atom is -0.394 e. The van der Waals surface area contributed by atoms with E-state index >= 15 is 0 Å². The molecule has 6 heteroatoms. The highest BCUT2D eigenvalue weighted by Crippen LogP contribution is 2.25. The molecule has 0 saturated heterocycles. The lowest BCUT2D eigenvalue weighted by Gasteiger charge is -2.29. The van der Waals surface area contributed by atoms with Gasteiger partial charge in [-0.1, -0.05) is 26.0 Å². The van der Waals surface area contributed by atoms with E-state index < -0.39 is 15.6 Å². The summed E-state index contributed by atoms with van der Waals surface area (Å²) in [4.78, 5) is 0.199. The third-order valence-electron chi connectivity index (χ3n) is 3.08. The van der Waals surface area contributed by atoms with E-state index in [0.717, 1.165) is 0 Å². The summed E-state index contributed by atoms with van der Waals surface area (Å²) in [6.45, 7) is 5.78. The lowest BCUT2D eigenvalue weighted by atomic mass is 10.00. The summed E-state index contributed by atoms with van der Waals surface area (Å²) in [7, 11) is -3.52. The molecule has 1 rings (SSSR count).